The molecular weight excluding hydrogens is 1750 g/mol. The van der Waals surface area contributed by atoms with Crippen LogP contribution in [0.5, 0.6) is 0 Å². The van der Waals surface area contributed by atoms with Gasteiger partial charge in [-0.1, -0.05) is 0 Å². The first-order chi connectivity index (χ1) is 63.2. The Balaban J connectivity index is 0.000000760. The lowest BCUT2D eigenvalue weighted by atomic mass is 10.2. The summed E-state index contributed by atoms with van der Waals surface area (Å²) in [6, 6.07) is 11.2. The molecule has 0 aromatic carbocycles. The molecule has 738 valence electrons. The van der Waals surface area contributed by atoms with Gasteiger partial charge in [0.15, 0.2) is 53.6 Å². The molecule has 9 aromatic rings. The van der Waals surface area contributed by atoms with Crippen molar-refractivity contribution in [1.29, 1.82) is 16.2 Å². The van der Waals surface area contributed by atoms with E-state index in [2.05, 4.69) is 74.9 Å². The van der Waals surface area contributed by atoms with Crippen LogP contribution in [0.4, 0.5) is 0 Å². The lowest BCUT2D eigenvalue weighted by Crippen LogP contribution is -2.32. The maximum atomic E-state index is 7.55. The van der Waals surface area contributed by atoms with Crippen LogP contribution >= 0.6 is 0 Å². The van der Waals surface area contributed by atoms with Crippen molar-refractivity contribution in [3.05, 3.63) is 213 Å². The third-order valence-corrected chi connectivity index (χ3v) is 16.4. The van der Waals surface area contributed by atoms with Gasteiger partial charge in [0.25, 0.3) is 0 Å². The molecule has 0 aliphatic rings. The maximum Gasteiger partial charge on any atom is 0.221 e. The Hall–Kier alpha value is -17.8. The third kappa shape index (κ3) is 51.7. The van der Waals surface area contributed by atoms with E-state index < -0.39 is 0 Å². The maximum absolute atomic E-state index is 7.55. The smallest absolute Gasteiger partial charge is 0.221 e. The largest absolute Gasteiger partial charge is 0.472 e. The van der Waals surface area contributed by atoms with Crippen LogP contribution < -0.4 is 120 Å². The van der Waals surface area contributed by atoms with Crippen LogP contribution in [-0.2, 0) is 58.9 Å². The first-order valence-electron chi connectivity index (χ1n) is 39.8. The summed E-state index contributed by atoms with van der Waals surface area (Å²) in [5.74, 6) is 6.04. The van der Waals surface area contributed by atoms with Gasteiger partial charge >= 0.3 is 0 Å². The van der Waals surface area contributed by atoms with Crippen LogP contribution in [0.2, 0.25) is 0 Å². The van der Waals surface area contributed by atoms with Crippen LogP contribution in [0.25, 0.3) is 0 Å². The van der Waals surface area contributed by atoms with E-state index in [0.29, 0.717) is 76.8 Å². The van der Waals surface area contributed by atoms with Crippen molar-refractivity contribution in [2.75, 3.05) is 63.4 Å². The van der Waals surface area contributed by atoms with Crippen LogP contribution in [0.3, 0.4) is 0 Å². The van der Waals surface area contributed by atoms with Crippen molar-refractivity contribution in [1.82, 2.24) is 29.4 Å². The van der Waals surface area contributed by atoms with E-state index in [1.54, 1.807) is 168 Å². The highest BCUT2D eigenvalue weighted by atomic mass is 16.3. The Kier molecular flexibility index (Phi) is 51.9. The van der Waals surface area contributed by atoms with Gasteiger partial charge in [-0.15, -0.1) is 0 Å². The quantitative estimate of drug-likeness (QED) is 0.0412. The highest BCUT2D eigenvalue weighted by Crippen LogP contribution is 2.17. The van der Waals surface area contributed by atoms with E-state index in [0.717, 1.165) is 101 Å². The molecule has 0 bridgehead atoms. The molecule has 0 spiro atoms. The average Bonchev–Trinajstić information content (AvgIpc) is 1.76. The molecule has 9 heterocycles. The van der Waals surface area contributed by atoms with Crippen molar-refractivity contribution in [2.24, 2.45) is 195 Å². The number of nitrogens with zero attached hydrogens (tertiary/aromatic N) is 21. The van der Waals surface area contributed by atoms with Crippen LogP contribution in [0.1, 0.15) is 101 Å². The van der Waals surface area contributed by atoms with Gasteiger partial charge in [0.1, 0.15) is 34.6 Å². The third-order valence-electron chi connectivity index (χ3n) is 16.4. The minimum Gasteiger partial charge on any atom is -0.472 e. The summed E-state index contributed by atoms with van der Waals surface area (Å²) in [5.41, 5.74) is 123. The van der Waals surface area contributed by atoms with E-state index in [1.165, 1.54) is 0 Å². The summed E-state index contributed by atoms with van der Waals surface area (Å²) < 4.78 is 45.7. The van der Waals surface area contributed by atoms with Crippen molar-refractivity contribution in [2.45, 2.75) is 121 Å². The number of nitrogens with one attached hydrogen (secondary N) is 3. The standard InChI is InChI=1S/3C10H17N5O.3C9H15N5O.3C8H13N5O/c1-7-5-16-6-8(7)4-13-9(11)14-10(12)15(2)3;1-7-4-8(6-16-7)5-13-9(11)14-10(12)15(2)3;1-7-8(4-5-16-7)6-13-9(11)14-10(12)15(2)3;1-6-4-15-5-7(6)3-14(2)9(12)13-8(10)11;1-6-3-7(5-15-6)4-14(2)9(12)13-8(10)11;1-6-7(3-4-15-6)5-14(2)9(12)13-8(10)11;1-5-3-14-4-6(5)2-12-8(11)13-7(9)10;1-5-2-6(4-14-5)3-12-8(11)13-7(9)10;1-5-6(2-3-14-5)4-12-8(11)13-7(9)10/h5-6H,4H2,1-3H3,(H4,11,12,13,14);4,6H,5H2,1-3H3,(H4,11,12,13,14);4-5H,6H2,1-3H3,(H4,11,12,13,14);4-5H,3H2,1-2H3,(H5,10,11,12,13);3,5H,4H2,1-2H3,(H5,10,11,12,13);3-4H,5H2,1-2H3,(H5,10,11,12,13);3-4H,2H2,1H3,(H6,9,10,11,12,13);2,4H,3H2,1H3,(H6,9,10,11,12,13);2-3H,4H2,1H3,(H6,9,10,11,12,13). The lowest BCUT2D eigenvalue weighted by Gasteiger charge is -2.15. The molecule has 45 N–H and O–H groups in total. The fraction of sp³-hybridized carbons (Fsp3) is 0.333. The zero-order valence-corrected chi connectivity index (χ0v) is 79.4. The zero-order chi connectivity index (χ0) is 102. The van der Waals surface area contributed by atoms with E-state index in [1.807, 2.05) is 98.7 Å². The fourth-order valence-electron chi connectivity index (χ4n) is 9.02. The minimum atomic E-state index is -0.116. The monoisotopic (exact) mass is 1880 g/mol. The molecule has 54 heteroatoms. The molecule has 0 saturated carbocycles. The Morgan fingerprint density at radius 2 is 0.496 bits per heavy atom. The molecule has 9 rings (SSSR count). The highest BCUT2D eigenvalue weighted by Gasteiger charge is 2.13. The molecule has 0 aliphatic heterocycles. The molecule has 0 aliphatic carbocycles. The number of hydrogen-bond acceptors (Lipinski definition) is 18. The van der Waals surface area contributed by atoms with Crippen molar-refractivity contribution < 1.29 is 39.8 Å². The molecule has 0 amide bonds. The van der Waals surface area contributed by atoms with Crippen LogP contribution in [-0.4, -0.2) is 200 Å². The van der Waals surface area contributed by atoms with E-state index in [9.17, 15) is 0 Å². The van der Waals surface area contributed by atoms with Gasteiger partial charge in [-0.3, -0.25) is 16.2 Å². The SMILES string of the molecule is Cc1cc(CN(C)C(=N)N=C(N)N)co1.Cc1cc(CN=C(N)N=C(N)N(C)C)co1.Cc1cc(CN=C(N)N=C(N)N)co1.Cc1cocc1CN(C)C(=N)N=C(N)N.Cc1cocc1CN=C(N)N=C(N)N.Cc1cocc1CN=C(N)N=C(N)N(C)C.Cc1occc1CN(C)C(=N)N=C(N)N.Cc1occc1CN=C(N)N=C(N)N.Cc1occc1CN=C(N)N=C(N)N(C)C. The van der Waals surface area contributed by atoms with E-state index in [4.69, 9.17) is 176 Å². The minimum absolute atomic E-state index is 0.0221. The topological polar surface area (TPSA) is 941 Å². The van der Waals surface area contributed by atoms with Crippen molar-refractivity contribution in [3.63, 3.8) is 0 Å². The number of aryl methyl sites for hydroxylation is 9. The van der Waals surface area contributed by atoms with Gasteiger partial charge in [0.2, 0.25) is 53.6 Å². The van der Waals surface area contributed by atoms with Crippen LogP contribution in [0, 0.1) is 78.5 Å². The molecule has 0 fully saturated rings. The molecule has 0 saturated heterocycles. The van der Waals surface area contributed by atoms with Gasteiger partial charge < -0.3 is 190 Å². The summed E-state index contributed by atoms with van der Waals surface area (Å²) in [4.78, 5) is 67.3. The first-order valence-corrected chi connectivity index (χ1v) is 39.8. The normalized spacial score (nSPS) is 11.4. The predicted molar refractivity (Wildman–Crippen MR) is 531 cm³/mol. The lowest BCUT2D eigenvalue weighted by molar-refractivity contribution is 0.474. The molecule has 9 aromatic heterocycles. The number of rotatable bonds is 18. The van der Waals surface area contributed by atoms with Crippen molar-refractivity contribution >= 4 is 107 Å². The second-order valence-electron chi connectivity index (χ2n) is 28.8. The van der Waals surface area contributed by atoms with Gasteiger partial charge in [0, 0.05) is 133 Å². The molecule has 54 nitrogen and oxygen atoms in total. The number of hydrogen-bond donors (Lipinski definition) is 24. The highest BCUT2D eigenvalue weighted by molar-refractivity contribution is 5.97. The summed E-state index contributed by atoms with van der Waals surface area (Å²) in [5, 5.41) is 22.6. The van der Waals surface area contributed by atoms with Crippen LogP contribution in [0.15, 0.2) is 226 Å². The molecule has 0 radical (unpaired) electrons. The summed E-state index contributed by atoms with van der Waals surface area (Å²) in [6.07, 6.45) is 19.6. The predicted octanol–water partition coefficient (Wildman–Crippen LogP) is 0.549. The van der Waals surface area contributed by atoms with E-state index >= 15 is 0 Å². The Labute approximate surface area is 782 Å². The zero-order valence-electron chi connectivity index (χ0n) is 79.4. The first kappa shape index (κ1) is 115. The molecule has 0 atom stereocenters. The number of guanidine groups is 18. The summed E-state index contributed by atoms with van der Waals surface area (Å²) >= 11 is 0. The number of furan rings is 9. The number of aliphatic imine (C=N–C) groups is 15. The van der Waals surface area contributed by atoms with Crippen molar-refractivity contribution in [3.8, 4) is 0 Å². The molecule has 0 unspecified atom stereocenters. The second kappa shape index (κ2) is 60.8. The molecule has 135 heavy (non-hydrogen) atoms. The van der Waals surface area contributed by atoms with Gasteiger partial charge in [-0.05, 0) is 115 Å². The van der Waals surface area contributed by atoms with Gasteiger partial charge in [-0.25, -0.2) is 30.0 Å². The average molecular weight is 1880 g/mol. The molecular formula is C81H135N45O9. The summed E-state index contributed by atoms with van der Waals surface area (Å²) in [6.45, 7) is 21.1. The van der Waals surface area contributed by atoms with E-state index in [-0.39, 0.29) is 89.4 Å². The Morgan fingerprint density at radius 3 is 0.733 bits per heavy atom. The Morgan fingerprint density at radius 1 is 0.259 bits per heavy atom. The van der Waals surface area contributed by atoms with Gasteiger partial charge in [-0.2, -0.15) is 44.9 Å². The fourth-order valence-corrected chi connectivity index (χ4v) is 9.02. The summed E-state index contributed by atoms with van der Waals surface area (Å²) in [7, 11) is 15.9. The second-order valence-corrected chi connectivity index (χ2v) is 28.8. The Bertz CT molecular complexity index is 5350. The number of nitrogens with two attached hydrogens (primary N) is 21. The van der Waals surface area contributed by atoms with Gasteiger partial charge in [0.05, 0.1) is 114 Å².